The van der Waals surface area contributed by atoms with Crippen LogP contribution in [-0.4, -0.2) is 85.4 Å². The van der Waals surface area contributed by atoms with Gasteiger partial charge >= 0.3 is 0 Å². The van der Waals surface area contributed by atoms with E-state index < -0.39 is 37.3 Å². The van der Waals surface area contributed by atoms with Gasteiger partial charge in [0.1, 0.15) is 30.1 Å². The minimum Gasteiger partial charge on any atom is -0.394 e. The lowest BCUT2D eigenvalue weighted by molar-refractivity contribution is -0.253. The standard InChI is InChI=1S/C18H23N5O5/c24-9-11-14(25)15(26)16(27)18(28-11)23-13(10-5-2-1-3-6-10)12(21-22-23)17-19-7-4-8-20-17/h1-3,5-6,11,14-16,18,24-27H,4,7-9H2,(H,19,20)/t11-,14-,15+,16-,18-/m1/s1. The molecule has 0 unspecified atom stereocenters. The Morgan fingerprint density at radius 3 is 2.57 bits per heavy atom. The van der Waals surface area contributed by atoms with E-state index in [4.69, 9.17) is 4.74 Å². The Hall–Kier alpha value is -2.37. The molecule has 5 N–H and O–H groups in total. The number of aromatic nitrogens is 3. The summed E-state index contributed by atoms with van der Waals surface area (Å²) in [6.45, 7) is 0.918. The number of ether oxygens (including phenoxy) is 1. The van der Waals surface area contributed by atoms with Crippen molar-refractivity contribution in [2.24, 2.45) is 4.99 Å². The summed E-state index contributed by atoms with van der Waals surface area (Å²) in [6, 6.07) is 9.33. The number of benzene rings is 1. The van der Waals surface area contributed by atoms with Gasteiger partial charge in [-0.1, -0.05) is 35.5 Å². The maximum Gasteiger partial charge on any atom is 0.181 e. The lowest BCUT2D eigenvalue weighted by Crippen LogP contribution is -2.56. The summed E-state index contributed by atoms with van der Waals surface area (Å²) in [5.74, 6) is 0.598. The SMILES string of the molecule is OC[C@H]1O[C@@H](n2nnc(C3=NCCCN3)c2-c2ccccc2)[C@H](O)[C@@H](O)[C@@H]1O. The molecule has 0 saturated carbocycles. The monoisotopic (exact) mass is 389 g/mol. The molecule has 1 aromatic heterocycles. The lowest BCUT2D eigenvalue weighted by atomic mass is 9.98. The Bertz CT molecular complexity index is 840. The average molecular weight is 389 g/mol. The Labute approximate surface area is 161 Å². The van der Waals surface area contributed by atoms with Crippen molar-refractivity contribution in [1.29, 1.82) is 0 Å². The number of hydrogen-bond donors (Lipinski definition) is 5. The van der Waals surface area contributed by atoms with Crippen molar-refractivity contribution in [2.45, 2.75) is 37.1 Å². The Balaban J connectivity index is 1.81. The quantitative estimate of drug-likeness (QED) is 0.432. The van der Waals surface area contributed by atoms with Gasteiger partial charge in [-0.2, -0.15) is 0 Å². The molecule has 4 rings (SSSR count). The van der Waals surface area contributed by atoms with Gasteiger partial charge in [0.25, 0.3) is 0 Å². The molecule has 150 valence electrons. The summed E-state index contributed by atoms with van der Waals surface area (Å²) >= 11 is 0. The van der Waals surface area contributed by atoms with E-state index in [1.807, 2.05) is 30.3 Å². The third kappa shape index (κ3) is 3.29. The number of rotatable bonds is 4. The zero-order valence-corrected chi connectivity index (χ0v) is 15.1. The molecule has 0 spiro atoms. The van der Waals surface area contributed by atoms with Gasteiger partial charge in [-0.05, 0) is 6.42 Å². The van der Waals surface area contributed by atoms with Crippen LogP contribution in [0.3, 0.4) is 0 Å². The molecule has 0 amide bonds. The second-order valence-corrected chi connectivity index (χ2v) is 6.83. The van der Waals surface area contributed by atoms with E-state index in [0.29, 0.717) is 23.8 Å². The molecule has 10 heteroatoms. The van der Waals surface area contributed by atoms with Gasteiger partial charge in [0.05, 0.1) is 6.61 Å². The van der Waals surface area contributed by atoms with Crippen LogP contribution < -0.4 is 5.32 Å². The van der Waals surface area contributed by atoms with Gasteiger partial charge in [-0.15, -0.1) is 5.10 Å². The maximum atomic E-state index is 10.5. The largest absolute Gasteiger partial charge is 0.394 e. The van der Waals surface area contributed by atoms with Crippen molar-refractivity contribution in [2.75, 3.05) is 19.7 Å². The fraction of sp³-hybridized carbons (Fsp3) is 0.500. The number of aliphatic imine (C=N–C) groups is 1. The summed E-state index contributed by atoms with van der Waals surface area (Å²) in [6.07, 6.45) is -5.66. The fourth-order valence-electron chi connectivity index (χ4n) is 3.47. The van der Waals surface area contributed by atoms with E-state index in [2.05, 4.69) is 20.6 Å². The molecule has 0 radical (unpaired) electrons. The highest BCUT2D eigenvalue weighted by molar-refractivity contribution is 6.02. The van der Waals surface area contributed by atoms with E-state index in [9.17, 15) is 20.4 Å². The second-order valence-electron chi connectivity index (χ2n) is 6.83. The van der Waals surface area contributed by atoms with Gasteiger partial charge < -0.3 is 30.5 Å². The number of hydrogen-bond acceptors (Lipinski definition) is 9. The average Bonchev–Trinajstić information content (AvgIpc) is 3.18. The number of nitrogens with zero attached hydrogens (tertiary/aromatic N) is 4. The molecule has 1 aromatic carbocycles. The molecule has 1 saturated heterocycles. The zero-order valence-electron chi connectivity index (χ0n) is 15.1. The third-order valence-electron chi connectivity index (χ3n) is 4.97. The molecule has 1 fully saturated rings. The normalized spacial score (nSPS) is 30.6. The third-order valence-corrected chi connectivity index (χ3v) is 4.97. The molecule has 2 aliphatic rings. The van der Waals surface area contributed by atoms with Crippen LogP contribution in [0, 0.1) is 0 Å². The van der Waals surface area contributed by atoms with E-state index in [0.717, 1.165) is 18.5 Å². The molecular weight excluding hydrogens is 366 g/mol. The molecule has 10 nitrogen and oxygen atoms in total. The van der Waals surface area contributed by atoms with E-state index >= 15 is 0 Å². The fourth-order valence-corrected chi connectivity index (χ4v) is 3.47. The Morgan fingerprint density at radius 2 is 1.89 bits per heavy atom. The molecule has 2 aliphatic heterocycles. The maximum absolute atomic E-state index is 10.5. The Morgan fingerprint density at radius 1 is 1.11 bits per heavy atom. The first-order valence-corrected chi connectivity index (χ1v) is 9.21. The van der Waals surface area contributed by atoms with Crippen molar-refractivity contribution < 1.29 is 25.2 Å². The van der Waals surface area contributed by atoms with Crippen molar-refractivity contribution in [1.82, 2.24) is 20.3 Å². The highest BCUT2D eigenvalue weighted by Gasteiger charge is 2.45. The van der Waals surface area contributed by atoms with Crippen molar-refractivity contribution in [3.05, 3.63) is 36.0 Å². The number of nitrogens with one attached hydrogen (secondary N) is 1. The molecule has 0 bridgehead atoms. The highest BCUT2D eigenvalue weighted by Crippen LogP contribution is 2.33. The summed E-state index contributed by atoms with van der Waals surface area (Å²) in [5.41, 5.74) is 1.83. The van der Waals surface area contributed by atoms with Crippen LogP contribution in [0.5, 0.6) is 0 Å². The number of aliphatic hydroxyl groups excluding tert-OH is 4. The van der Waals surface area contributed by atoms with Gasteiger partial charge in [0.2, 0.25) is 0 Å². The van der Waals surface area contributed by atoms with Crippen molar-refractivity contribution >= 4 is 5.84 Å². The van der Waals surface area contributed by atoms with Crippen LogP contribution in [0.1, 0.15) is 18.3 Å². The first kappa shape index (κ1) is 19.0. The lowest BCUT2D eigenvalue weighted by Gasteiger charge is -2.40. The van der Waals surface area contributed by atoms with E-state index in [-0.39, 0.29) is 0 Å². The predicted octanol–water partition coefficient (Wildman–Crippen LogP) is -1.34. The minimum atomic E-state index is -1.50. The molecule has 2 aromatic rings. The number of amidine groups is 1. The highest BCUT2D eigenvalue weighted by atomic mass is 16.6. The molecule has 5 atom stereocenters. The van der Waals surface area contributed by atoms with Crippen molar-refractivity contribution in [3.8, 4) is 11.3 Å². The minimum absolute atomic E-state index is 0.503. The predicted molar refractivity (Wildman–Crippen MR) is 98.5 cm³/mol. The summed E-state index contributed by atoms with van der Waals surface area (Å²) in [7, 11) is 0. The van der Waals surface area contributed by atoms with Crippen LogP contribution >= 0.6 is 0 Å². The van der Waals surface area contributed by atoms with Crippen LogP contribution in [0.2, 0.25) is 0 Å². The van der Waals surface area contributed by atoms with Gasteiger partial charge in [-0.25, -0.2) is 4.68 Å². The van der Waals surface area contributed by atoms with Crippen molar-refractivity contribution in [3.63, 3.8) is 0 Å². The van der Waals surface area contributed by atoms with Crippen LogP contribution in [0.15, 0.2) is 35.3 Å². The van der Waals surface area contributed by atoms with E-state index in [1.165, 1.54) is 4.68 Å². The molecular formula is C18H23N5O5. The smallest absolute Gasteiger partial charge is 0.181 e. The van der Waals surface area contributed by atoms with Crippen LogP contribution in [0.4, 0.5) is 0 Å². The molecule has 3 heterocycles. The first-order chi connectivity index (χ1) is 13.6. The zero-order chi connectivity index (χ0) is 19.7. The molecule has 28 heavy (non-hydrogen) atoms. The second kappa shape index (κ2) is 7.94. The van der Waals surface area contributed by atoms with Gasteiger partial charge in [-0.3, -0.25) is 4.99 Å². The van der Waals surface area contributed by atoms with Gasteiger partial charge in [0, 0.05) is 18.7 Å². The van der Waals surface area contributed by atoms with E-state index in [1.54, 1.807) is 0 Å². The van der Waals surface area contributed by atoms with Crippen LogP contribution in [-0.2, 0) is 4.74 Å². The number of aliphatic hydroxyl groups is 4. The molecule has 0 aliphatic carbocycles. The summed E-state index contributed by atoms with van der Waals surface area (Å²) in [5, 5.41) is 51.8. The summed E-state index contributed by atoms with van der Waals surface area (Å²) < 4.78 is 7.04. The summed E-state index contributed by atoms with van der Waals surface area (Å²) in [4.78, 5) is 4.48. The Kier molecular flexibility index (Phi) is 5.38. The van der Waals surface area contributed by atoms with Crippen LogP contribution in [0.25, 0.3) is 11.3 Å². The topological polar surface area (TPSA) is 145 Å². The van der Waals surface area contributed by atoms with Gasteiger partial charge in [0.15, 0.2) is 17.8 Å². The first-order valence-electron chi connectivity index (χ1n) is 9.21.